The summed E-state index contributed by atoms with van der Waals surface area (Å²) in [5, 5.41) is 0.321. The smallest absolute Gasteiger partial charge is 0.196 e. The predicted molar refractivity (Wildman–Crippen MR) is 65.7 cm³/mol. The second-order valence-electron chi connectivity index (χ2n) is 3.54. The zero-order chi connectivity index (χ0) is 12.4. The van der Waals surface area contributed by atoms with Crippen LogP contribution in [-0.4, -0.2) is 5.78 Å². The fourth-order valence-corrected chi connectivity index (χ4v) is 1.74. The Balaban J connectivity index is 2.51. The van der Waals surface area contributed by atoms with Gasteiger partial charge in [-0.3, -0.25) is 4.79 Å². The van der Waals surface area contributed by atoms with Gasteiger partial charge in [0, 0.05) is 16.8 Å². The standard InChI is InChI=1S/C13H9ClFNO/c14-11-4-2-1-3-9(11)13(17)10-7-8(15)5-6-12(10)16/h1-7H,16H2. The molecular weight excluding hydrogens is 241 g/mol. The Kier molecular flexibility index (Phi) is 3.11. The Morgan fingerprint density at radius 1 is 1.12 bits per heavy atom. The van der Waals surface area contributed by atoms with E-state index >= 15 is 0 Å². The molecule has 0 bridgehead atoms. The molecule has 2 aromatic rings. The van der Waals surface area contributed by atoms with Crippen molar-refractivity contribution < 1.29 is 9.18 Å². The molecule has 0 radical (unpaired) electrons. The molecule has 0 heterocycles. The van der Waals surface area contributed by atoms with Crippen LogP contribution in [0, 0.1) is 5.82 Å². The van der Waals surface area contributed by atoms with Gasteiger partial charge in [-0.05, 0) is 30.3 Å². The van der Waals surface area contributed by atoms with Gasteiger partial charge in [0.15, 0.2) is 5.78 Å². The molecule has 0 aliphatic heterocycles. The average Bonchev–Trinajstić information content (AvgIpc) is 2.32. The average molecular weight is 250 g/mol. The molecule has 2 rings (SSSR count). The molecule has 0 amide bonds. The van der Waals surface area contributed by atoms with E-state index in [1.54, 1.807) is 24.3 Å². The van der Waals surface area contributed by atoms with E-state index < -0.39 is 5.82 Å². The van der Waals surface area contributed by atoms with Crippen LogP contribution in [-0.2, 0) is 0 Å². The van der Waals surface area contributed by atoms with E-state index in [1.165, 1.54) is 12.1 Å². The van der Waals surface area contributed by atoms with Crippen LogP contribution in [0.15, 0.2) is 42.5 Å². The number of nitrogens with two attached hydrogens (primary N) is 1. The number of nitrogen functional groups attached to an aromatic ring is 1. The van der Waals surface area contributed by atoms with Crippen molar-refractivity contribution in [1.29, 1.82) is 0 Å². The van der Waals surface area contributed by atoms with Crippen LogP contribution in [0.4, 0.5) is 10.1 Å². The summed E-state index contributed by atoms with van der Waals surface area (Å²) in [6, 6.07) is 10.3. The summed E-state index contributed by atoms with van der Waals surface area (Å²) < 4.78 is 13.1. The van der Waals surface area contributed by atoms with Gasteiger partial charge in [0.05, 0.1) is 5.02 Å². The summed E-state index contributed by atoms with van der Waals surface area (Å²) in [6.07, 6.45) is 0. The van der Waals surface area contributed by atoms with E-state index in [4.69, 9.17) is 17.3 Å². The summed E-state index contributed by atoms with van der Waals surface area (Å²) in [5.74, 6) is -0.887. The SMILES string of the molecule is Nc1ccc(F)cc1C(=O)c1ccccc1Cl. The maximum absolute atomic E-state index is 13.1. The summed E-state index contributed by atoms with van der Waals surface area (Å²) >= 11 is 5.91. The number of carbonyl (C=O) groups excluding carboxylic acids is 1. The van der Waals surface area contributed by atoms with Gasteiger partial charge in [0.1, 0.15) is 5.82 Å². The first kappa shape index (κ1) is 11.6. The highest BCUT2D eigenvalue weighted by Gasteiger charge is 2.15. The van der Waals surface area contributed by atoms with E-state index in [1.807, 2.05) is 0 Å². The van der Waals surface area contributed by atoms with Crippen LogP contribution in [0.3, 0.4) is 0 Å². The Bertz CT molecular complexity index is 583. The Hall–Kier alpha value is -1.87. The van der Waals surface area contributed by atoms with Gasteiger partial charge in [-0.2, -0.15) is 0 Å². The molecule has 4 heteroatoms. The molecule has 0 aromatic heterocycles. The molecule has 0 aliphatic rings. The summed E-state index contributed by atoms with van der Waals surface area (Å²) in [7, 11) is 0. The van der Waals surface area contributed by atoms with Gasteiger partial charge in [-0.1, -0.05) is 23.7 Å². The van der Waals surface area contributed by atoms with Crippen molar-refractivity contribution in [3.63, 3.8) is 0 Å². The van der Waals surface area contributed by atoms with Crippen LogP contribution in [0.5, 0.6) is 0 Å². The second-order valence-corrected chi connectivity index (χ2v) is 3.95. The predicted octanol–water partition coefficient (Wildman–Crippen LogP) is 3.29. The van der Waals surface area contributed by atoms with E-state index in [2.05, 4.69) is 0 Å². The minimum absolute atomic E-state index is 0.123. The Labute approximate surface area is 103 Å². The van der Waals surface area contributed by atoms with Crippen LogP contribution in [0.25, 0.3) is 0 Å². The van der Waals surface area contributed by atoms with Crippen molar-refractivity contribution in [3.05, 3.63) is 64.4 Å². The van der Waals surface area contributed by atoms with Crippen molar-refractivity contribution in [3.8, 4) is 0 Å². The van der Waals surface area contributed by atoms with Gasteiger partial charge < -0.3 is 5.73 Å². The van der Waals surface area contributed by atoms with E-state index in [-0.39, 0.29) is 17.0 Å². The first-order chi connectivity index (χ1) is 8.09. The number of carbonyl (C=O) groups is 1. The summed E-state index contributed by atoms with van der Waals surface area (Å²) in [4.78, 5) is 12.1. The van der Waals surface area contributed by atoms with Crippen LogP contribution in [0.2, 0.25) is 5.02 Å². The fraction of sp³-hybridized carbons (Fsp3) is 0. The minimum Gasteiger partial charge on any atom is -0.398 e. The van der Waals surface area contributed by atoms with Crippen molar-refractivity contribution in [1.82, 2.24) is 0 Å². The molecule has 2 nitrogen and oxygen atoms in total. The zero-order valence-corrected chi connectivity index (χ0v) is 9.54. The van der Waals surface area contributed by atoms with Gasteiger partial charge in [0.25, 0.3) is 0 Å². The van der Waals surface area contributed by atoms with E-state index in [0.717, 1.165) is 6.07 Å². The quantitative estimate of drug-likeness (QED) is 0.656. The van der Waals surface area contributed by atoms with E-state index in [9.17, 15) is 9.18 Å². The van der Waals surface area contributed by atoms with Gasteiger partial charge in [0.2, 0.25) is 0 Å². The molecular formula is C13H9ClFNO. The number of hydrogen-bond acceptors (Lipinski definition) is 2. The topological polar surface area (TPSA) is 43.1 Å². The van der Waals surface area contributed by atoms with Gasteiger partial charge in [-0.25, -0.2) is 4.39 Å². The molecule has 0 saturated heterocycles. The molecule has 17 heavy (non-hydrogen) atoms. The third-order valence-electron chi connectivity index (χ3n) is 2.38. The summed E-state index contributed by atoms with van der Waals surface area (Å²) in [5.41, 5.74) is 6.31. The van der Waals surface area contributed by atoms with Crippen molar-refractivity contribution >= 4 is 23.1 Å². The van der Waals surface area contributed by atoms with Crippen LogP contribution < -0.4 is 5.73 Å². The lowest BCUT2D eigenvalue weighted by Gasteiger charge is -2.06. The number of rotatable bonds is 2. The zero-order valence-electron chi connectivity index (χ0n) is 8.78. The number of benzene rings is 2. The lowest BCUT2D eigenvalue weighted by molar-refractivity contribution is 0.103. The summed E-state index contributed by atoms with van der Waals surface area (Å²) in [6.45, 7) is 0. The van der Waals surface area contributed by atoms with Crippen LogP contribution in [0.1, 0.15) is 15.9 Å². The number of hydrogen-bond donors (Lipinski definition) is 1. The first-order valence-corrected chi connectivity index (χ1v) is 5.31. The second kappa shape index (κ2) is 4.55. The molecule has 0 aliphatic carbocycles. The highest BCUT2D eigenvalue weighted by molar-refractivity contribution is 6.35. The highest BCUT2D eigenvalue weighted by atomic mass is 35.5. The highest BCUT2D eigenvalue weighted by Crippen LogP contribution is 2.22. The van der Waals surface area contributed by atoms with Gasteiger partial charge in [-0.15, -0.1) is 0 Å². The first-order valence-electron chi connectivity index (χ1n) is 4.94. The van der Waals surface area contributed by atoms with Crippen molar-refractivity contribution in [2.75, 3.05) is 5.73 Å². The maximum atomic E-state index is 13.1. The van der Waals surface area contributed by atoms with Crippen molar-refractivity contribution in [2.24, 2.45) is 0 Å². The Morgan fingerprint density at radius 3 is 2.53 bits per heavy atom. The molecule has 0 unspecified atom stereocenters. The number of ketones is 1. The third kappa shape index (κ3) is 2.29. The fourth-order valence-electron chi connectivity index (χ4n) is 1.52. The lowest BCUT2D eigenvalue weighted by atomic mass is 10.0. The minimum atomic E-state index is -0.505. The van der Waals surface area contributed by atoms with Crippen molar-refractivity contribution in [2.45, 2.75) is 0 Å². The van der Waals surface area contributed by atoms with E-state index in [0.29, 0.717) is 10.6 Å². The van der Waals surface area contributed by atoms with Gasteiger partial charge >= 0.3 is 0 Å². The lowest BCUT2D eigenvalue weighted by Crippen LogP contribution is -2.06. The van der Waals surface area contributed by atoms with Crippen LogP contribution >= 0.6 is 11.6 Å². The monoisotopic (exact) mass is 249 g/mol. The molecule has 0 atom stereocenters. The molecule has 2 N–H and O–H groups in total. The number of anilines is 1. The maximum Gasteiger partial charge on any atom is 0.196 e. The normalized spacial score (nSPS) is 10.2. The molecule has 0 fully saturated rings. The number of halogens is 2. The molecule has 0 spiro atoms. The largest absolute Gasteiger partial charge is 0.398 e. The molecule has 2 aromatic carbocycles. The molecule has 86 valence electrons. The Morgan fingerprint density at radius 2 is 1.82 bits per heavy atom. The molecule has 0 saturated carbocycles. The third-order valence-corrected chi connectivity index (χ3v) is 2.71.